The number of carbonyl (C=O) groups is 2. The first-order chi connectivity index (χ1) is 8.15. The Morgan fingerprint density at radius 2 is 1.47 bits per heavy atom. The van der Waals surface area contributed by atoms with Crippen molar-refractivity contribution in [2.75, 3.05) is 11.5 Å². The van der Waals surface area contributed by atoms with Crippen LogP contribution in [0, 0.1) is 0 Å². The summed E-state index contributed by atoms with van der Waals surface area (Å²) in [7, 11) is 0. The van der Waals surface area contributed by atoms with Gasteiger partial charge in [0.1, 0.15) is 0 Å². The first-order valence-corrected chi connectivity index (χ1v) is 9.34. The number of thioether (sulfide) groups is 2. The second-order valence-electron chi connectivity index (χ2n) is 3.63. The van der Waals surface area contributed by atoms with Gasteiger partial charge in [-0.15, -0.1) is 0 Å². The molecule has 1 aliphatic rings. The van der Waals surface area contributed by atoms with E-state index in [-0.39, 0.29) is 10.2 Å². The average Bonchev–Trinajstić information content (AvgIpc) is 2.80. The van der Waals surface area contributed by atoms with Crippen molar-refractivity contribution >= 4 is 48.7 Å². The van der Waals surface area contributed by atoms with Gasteiger partial charge in [0, 0.05) is 0 Å². The van der Waals surface area contributed by atoms with Crippen LogP contribution >= 0.6 is 23.5 Å². The molecule has 5 heteroatoms. The molecule has 0 aromatic rings. The molecule has 0 aromatic heterocycles. The molecular formula is C12H16O2S2Se. The Morgan fingerprint density at radius 1 is 1.06 bits per heavy atom. The molecule has 0 spiro atoms. The monoisotopic (exact) mass is 336 g/mol. The third-order valence-electron chi connectivity index (χ3n) is 2.35. The molecule has 1 heterocycles. The second kappa shape index (κ2) is 8.20. The number of carbonyl (C=O) groups excluding carboxylic acids is 2. The standard InChI is InChI=1S/C12H16O2S2Se/c1-3-11(13)15-7-9-5-6-10(17-9)8-16-12(14)4-2/h3-4,9-10H,1-2,5-8H2. The van der Waals surface area contributed by atoms with Crippen molar-refractivity contribution in [3.05, 3.63) is 25.3 Å². The Bertz CT molecular complexity index is 288. The first-order valence-electron chi connectivity index (χ1n) is 5.39. The first kappa shape index (κ1) is 15.1. The van der Waals surface area contributed by atoms with Crippen LogP contribution in [0.15, 0.2) is 25.3 Å². The van der Waals surface area contributed by atoms with Crippen LogP contribution in [0.4, 0.5) is 0 Å². The van der Waals surface area contributed by atoms with Crippen molar-refractivity contribution in [2.24, 2.45) is 0 Å². The third-order valence-corrected chi connectivity index (χ3v) is 8.65. The van der Waals surface area contributed by atoms with E-state index in [1.54, 1.807) is 0 Å². The van der Waals surface area contributed by atoms with E-state index in [1.165, 1.54) is 48.5 Å². The van der Waals surface area contributed by atoms with Crippen molar-refractivity contribution in [2.45, 2.75) is 22.5 Å². The second-order valence-corrected chi connectivity index (χ2v) is 9.04. The van der Waals surface area contributed by atoms with Crippen molar-refractivity contribution in [3.8, 4) is 0 Å². The molecule has 0 amide bonds. The van der Waals surface area contributed by atoms with Crippen LogP contribution in [0.5, 0.6) is 0 Å². The van der Waals surface area contributed by atoms with Crippen LogP contribution in [0.2, 0.25) is 9.63 Å². The van der Waals surface area contributed by atoms with Crippen molar-refractivity contribution in [3.63, 3.8) is 0 Å². The van der Waals surface area contributed by atoms with Gasteiger partial charge in [-0.05, 0) is 0 Å². The Balaban J connectivity index is 2.18. The average molecular weight is 335 g/mol. The molecule has 0 bridgehead atoms. The van der Waals surface area contributed by atoms with Gasteiger partial charge in [0.25, 0.3) is 0 Å². The van der Waals surface area contributed by atoms with Crippen LogP contribution in [0.3, 0.4) is 0 Å². The van der Waals surface area contributed by atoms with Crippen molar-refractivity contribution in [1.29, 1.82) is 0 Å². The maximum atomic E-state index is 11.1. The van der Waals surface area contributed by atoms with Crippen LogP contribution in [0.25, 0.3) is 0 Å². The van der Waals surface area contributed by atoms with Gasteiger partial charge in [0.15, 0.2) is 0 Å². The van der Waals surface area contributed by atoms with Gasteiger partial charge < -0.3 is 0 Å². The Kier molecular flexibility index (Phi) is 7.28. The summed E-state index contributed by atoms with van der Waals surface area (Å²) in [5.41, 5.74) is 0. The summed E-state index contributed by atoms with van der Waals surface area (Å²) in [6.45, 7) is 6.93. The van der Waals surface area contributed by atoms with Gasteiger partial charge >= 0.3 is 118 Å². The zero-order valence-electron chi connectivity index (χ0n) is 9.59. The van der Waals surface area contributed by atoms with E-state index >= 15 is 0 Å². The molecule has 0 aliphatic carbocycles. The van der Waals surface area contributed by atoms with Gasteiger partial charge in [-0.2, -0.15) is 0 Å². The fourth-order valence-corrected chi connectivity index (χ4v) is 7.05. The molecule has 94 valence electrons. The number of rotatable bonds is 6. The third kappa shape index (κ3) is 5.96. The van der Waals surface area contributed by atoms with Crippen LogP contribution in [0.1, 0.15) is 12.8 Å². The summed E-state index contributed by atoms with van der Waals surface area (Å²) >= 11 is 3.31. The minimum absolute atomic E-state index is 0.0699. The molecule has 2 unspecified atom stereocenters. The van der Waals surface area contributed by atoms with E-state index in [2.05, 4.69) is 13.2 Å². The summed E-state index contributed by atoms with van der Waals surface area (Å²) in [4.78, 5) is 23.6. The molecule has 0 N–H and O–H groups in total. The van der Waals surface area contributed by atoms with Gasteiger partial charge in [0.2, 0.25) is 0 Å². The summed E-state index contributed by atoms with van der Waals surface area (Å²) in [5.74, 6) is 1.84. The van der Waals surface area contributed by atoms with Crippen molar-refractivity contribution < 1.29 is 9.59 Å². The molecular weight excluding hydrogens is 319 g/mol. The van der Waals surface area contributed by atoms with E-state index in [1.807, 2.05) is 0 Å². The SMILES string of the molecule is C=CC(=O)SCC1CCC(CSC(=O)C=C)[Se]1. The van der Waals surface area contributed by atoms with E-state index < -0.39 is 0 Å². The fraction of sp³-hybridized carbons (Fsp3) is 0.500. The number of hydrogen-bond donors (Lipinski definition) is 0. The molecule has 0 radical (unpaired) electrons. The van der Waals surface area contributed by atoms with Gasteiger partial charge in [-0.1, -0.05) is 0 Å². The predicted molar refractivity (Wildman–Crippen MR) is 77.8 cm³/mol. The predicted octanol–water partition coefficient (Wildman–Crippen LogP) is 2.95. The van der Waals surface area contributed by atoms with E-state index in [0.717, 1.165) is 11.5 Å². The Hall–Kier alpha value is 0.0395. The van der Waals surface area contributed by atoms with Crippen LogP contribution < -0.4 is 0 Å². The summed E-state index contributed by atoms with van der Waals surface area (Å²) in [6.07, 6.45) is 5.15. The van der Waals surface area contributed by atoms with Crippen molar-refractivity contribution in [1.82, 2.24) is 0 Å². The molecule has 1 aliphatic heterocycles. The normalized spacial score (nSPS) is 23.3. The van der Waals surface area contributed by atoms with Gasteiger partial charge in [0.05, 0.1) is 0 Å². The van der Waals surface area contributed by atoms with Gasteiger partial charge in [-0.3, -0.25) is 0 Å². The van der Waals surface area contributed by atoms with E-state index in [4.69, 9.17) is 0 Å². The zero-order chi connectivity index (χ0) is 12.7. The molecule has 1 rings (SSSR count). The van der Waals surface area contributed by atoms with Crippen LogP contribution in [-0.4, -0.2) is 36.7 Å². The molecule has 17 heavy (non-hydrogen) atoms. The van der Waals surface area contributed by atoms with E-state index in [9.17, 15) is 9.59 Å². The molecule has 0 saturated carbocycles. The Morgan fingerprint density at radius 3 is 1.82 bits per heavy atom. The molecule has 0 aromatic carbocycles. The van der Waals surface area contributed by atoms with Gasteiger partial charge in [-0.25, -0.2) is 0 Å². The Labute approximate surface area is 117 Å². The molecule has 1 fully saturated rings. The summed E-state index contributed by atoms with van der Waals surface area (Å²) in [5, 5.41) is 0.140. The van der Waals surface area contributed by atoms with E-state index in [0.29, 0.717) is 24.6 Å². The maximum absolute atomic E-state index is 11.1. The zero-order valence-corrected chi connectivity index (χ0v) is 12.9. The quantitative estimate of drug-likeness (QED) is 0.552. The summed E-state index contributed by atoms with van der Waals surface area (Å²) in [6, 6.07) is 0. The minimum atomic E-state index is 0.0699. The number of hydrogen-bond acceptors (Lipinski definition) is 4. The van der Waals surface area contributed by atoms with Crippen LogP contribution in [-0.2, 0) is 9.59 Å². The molecule has 1 saturated heterocycles. The fourth-order valence-electron chi connectivity index (χ4n) is 1.49. The molecule has 2 atom stereocenters. The summed E-state index contributed by atoms with van der Waals surface area (Å²) < 4.78 is 0. The molecule has 2 nitrogen and oxygen atoms in total. The topological polar surface area (TPSA) is 34.1 Å².